The highest BCUT2D eigenvalue weighted by Gasteiger charge is 2.38. The van der Waals surface area contributed by atoms with E-state index in [-0.39, 0.29) is 13.2 Å². The highest BCUT2D eigenvalue weighted by molar-refractivity contribution is 6.00. The van der Waals surface area contributed by atoms with Crippen molar-refractivity contribution in [3.63, 3.8) is 0 Å². The van der Waals surface area contributed by atoms with Crippen molar-refractivity contribution in [2.45, 2.75) is 40.5 Å². The summed E-state index contributed by atoms with van der Waals surface area (Å²) in [6.45, 7) is 9.35. The van der Waals surface area contributed by atoms with E-state index in [4.69, 9.17) is 9.47 Å². The highest BCUT2D eigenvalue weighted by Crippen LogP contribution is 2.40. The van der Waals surface area contributed by atoms with Crippen molar-refractivity contribution in [1.29, 1.82) is 0 Å². The fourth-order valence-electron chi connectivity index (χ4n) is 3.99. The summed E-state index contributed by atoms with van der Waals surface area (Å²) in [7, 11) is 0. The lowest BCUT2D eigenvalue weighted by molar-refractivity contribution is -0.354. The normalized spacial score (nSPS) is 14.7. The van der Waals surface area contributed by atoms with E-state index in [1.807, 2.05) is 31.2 Å². The summed E-state index contributed by atoms with van der Waals surface area (Å²) in [5.74, 6) is -1.79. The van der Waals surface area contributed by atoms with Gasteiger partial charge in [-0.25, -0.2) is 9.59 Å². The molecule has 3 rings (SSSR count). The van der Waals surface area contributed by atoms with E-state index in [1.165, 1.54) is 6.21 Å². The minimum atomic E-state index is -0.743. The van der Waals surface area contributed by atoms with Gasteiger partial charge in [0.15, 0.2) is 6.21 Å². The van der Waals surface area contributed by atoms with Crippen LogP contribution in [0.2, 0.25) is 0 Å². The van der Waals surface area contributed by atoms with E-state index in [0.29, 0.717) is 33.8 Å². The summed E-state index contributed by atoms with van der Waals surface area (Å²) in [6, 6.07) is 14.5. The van der Waals surface area contributed by atoms with Crippen molar-refractivity contribution < 1.29 is 23.8 Å². The second kappa shape index (κ2) is 10.8. The molecule has 0 amide bonds. The average Bonchev–Trinajstić information content (AvgIpc) is 2.80. The van der Waals surface area contributed by atoms with E-state index < -0.39 is 17.9 Å². The molecule has 2 aromatic rings. The van der Waals surface area contributed by atoms with Crippen molar-refractivity contribution in [2.24, 2.45) is 0 Å². The second-order valence-electron chi connectivity index (χ2n) is 8.04. The lowest BCUT2D eigenvalue weighted by atomic mass is 9.80. The number of rotatable bonds is 7. The van der Waals surface area contributed by atoms with Crippen LogP contribution in [0.3, 0.4) is 0 Å². The maximum absolute atomic E-state index is 12.9. The van der Waals surface area contributed by atoms with Crippen LogP contribution < -0.4 is 5.32 Å². The van der Waals surface area contributed by atoms with Gasteiger partial charge in [-0.2, -0.15) is 4.74 Å². The lowest BCUT2D eigenvalue weighted by Gasteiger charge is -2.30. The first-order valence-corrected chi connectivity index (χ1v) is 11.3. The molecule has 2 aromatic carbocycles. The van der Waals surface area contributed by atoms with Crippen LogP contribution in [0.4, 0.5) is 5.69 Å². The summed E-state index contributed by atoms with van der Waals surface area (Å²) >= 11 is 0. The minimum absolute atomic E-state index is 0.194. The molecular weight excluding hydrogens is 432 g/mol. The van der Waals surface area contributed by atoms with Gasteiger partial charge in [-0.3, -0.25) is 0 Å². The van der Waals surface area contributed by atoms with Gasteiger partial charge in [-0.15, -0.1) is 0 Å². The van der Waals surface area contributed by atoms with Gasteiger partial charge in [-0.1, -0.05) is 29.8 Å². The third-order valence-corrected chi connectivity index (χ3v) is 5.55. The number of dihydropyridines is 1. The predicted octanol–water partition coefficient (Wildman–Crippen LogP) is 4.62. The molecule has 0 aliphatic carbocycles. The molecule has 1 heterocycles. The molecule has 1 aliphatic heterocycles. The molecule has 0 bridgehead atoms. The molecule has 0 saturated carbocycles. The third kappa shape index (κ3) is 5.36. The van der Waals surface area contributed by atoms with Gasteiger partial charge in [0.25, 0.3) is 0 Å². The SMILES string of the molecule is CCOC(=O)C1=C(C)NC(C)=C(C(=O)OCC)C1c1cccc(/[N+]([O-])=C/c2ccc(C)cc2)c1. The van der Waals surface area contributed by atoms with Gasteiger partial charge in [0.05, 0.1) is 30.3 Å². The third-order valence-electron chi connectivity index (χ3n) is 5.55. The van der Waals surface area contributed by atoms with Crippen molar-refractivity contribution >= 4 is 23.8 Å². The van der Waals surface area contributed by atoms with Crippen molar-refractivity contribution in [2.75, 3.05) is 13.2 Å². The monoisotopic (exact) mass is 462 g/mol. The Kier molecular flexibility index (Phi) is 7.89. The number of nitrogens with one attached hydrogen (secondary N) is 1. The second-order valence-corrected chi connectivity index (χ2v) is 8.04. The van der Waals surface area contributed by atoms with Crippen molar-refractivity contribution in [3.05, 3.63) is 93.0 Å². The van der Waals surface area contributed by atoms with Crippen LogP contribution in [-0.4, -0.2) is 36.1 Å². The Morgan fingerprint density at radius 2 is 1.50 bits per heavy atom. The number of hydrogen-bond acceptors (Lipinski definition) is 6. The largest absolute Gasteiger partial charge is 0.618 e. The van der Waals surface area contributed by atoms with Crippen LogP contribution in [0, 0.1) is 12.1 Å². The summed E-state index contributed by atoms with van der Waals surface area (Å²) in [4.78, 5) is 25.9. The zero-order chi connectivity index (χ0) is 24.8. The Balaban J connectivity index is 2.12. The Labute approximate surface area is 200 Å². The van der Waals surface area contributed by atoms with Gasteiger partial charge >= 0.3 is 11.9 Å². The molecule has 0 radical (unpaired) electrons. The smallest absolute Gasteiger partial charge is 0.336 e. The number of nitrogens with zero attached hydrogens (tertiary/aromatic N) is 1. The maximum Gasteiger partial charge on any atom is 0.336 e. The highest BCUT2D eigenvalue weighted by atomic mass is 16.5. The molecule has 0 fully saturated rings. The molecule has 7 heteroatoms. The molecule has 0 spiro atoms. The number of carbonyl (C=O) groups is 2. The molecule has 34 heavy (non-hydrogen) atoms. The van der Waals surface area contributed by atoms with Gasteiger partial charge in [0.2, 0.25) is 5.69 Å². The van der Waals surface area contributed by atoms with Crippen LogP contribution in [0.15, 0.2) is 71.1 Å². The number of allylic oxidation sites excluding steroid dienone is 2. The molecule has 0 saturated heterocycles. The maximum atomic E-state index is 12.9. The average molecular weight is 463 g/mol. The summed E-state index contributed by atoms with van der Waals surface area (Å²) in [5.41, 5.74) is 4.65. The van der Waals surface area contributed by atoms with Crippen molar-refractivity contribution in [3.8, 4) is 0 Å². The predicted molar refractivity (Wildman–Crippen MR) is 131 cm³/mol. The molecular formula is C27H30N2O5. The number of carbonyl (C=O) groups excluding carboxylic acids is 2. The van der Waals surface area contributed by atoms with Gasteiger partial charge in [-0.05, 0) is 52.3 Å². The quantitative estimate of drug-likeness (QED) is 0.212. The topological polar surface area (TPSA) is 90.7 Å². The van der Waals surface area contributed by atoms with E-state index in [2.05, 4.69) is 5.32 Å². The Morgan fingerprint density at radius 1 is 0.941 bits per heavy atom. The standard InChI is InChI=1S/C27H30N2O5/c1-6-33-26(30)23-18(4)28-19(5)24(27(31)34-7-2)25(23)21-9-8-10-22(15-21)29(32)16-20-13-11-17(3)12-14-20/h8-16,25,28H,6-7H2,1-5H3/b29-16-. The number of esters is 2. The molecule has 0 aromatic heterocycles. The Bertz CT molecular complexity index is 1140. The number of hydrogen-bond donors (Lipinski definition) is 1. The van der Waals surface area contributed by atoms with Crippen LogP contribution in [0.5, 0.6) is 0 Å². The van der Waals surface area contributed by atoms with Crippen LogP contribution in [-0.2, 0) is 19.1 Å². The molecule has 7 nitrogen and oxygen atoms in total. The molecule has 1 aliphatic rings. The molecule has 178 valence electrons. The fraction of sp³-hybridized carbons (Fsp3) is 0.296. The minimum Gasteiger partial charge on any atom is -0.618 e. The van der Waals surface area contributed by atoms with E-state index in [9.17, 15) is 14.8 Å². The Morgan fingerprint density at radius 3 is 2.03 bits per heavy atom. The number of benzene rings is 2. The van der Waals surface area contributed by atoms with Crippen LogP contribution in [0.1, 0.15) is 50.3 Å². The first-order chi connectivity index (χ1) is 16.3. The van der Waals surface area contributed by atoms with Crippen LogP contribution >= 0.6 is 0 Å². The summed E-state index contributed by atoms with van der Waals surface area (Å²) in [5, 5.41) is 16.1. The molecule has 0 atom stereocenters. The first kappa shape index (κ1) is 24.8. The zero-order valence-electron chi connectivity index (χ0n) is 20.2. The van der Waals surface area contributed by atoms with Gasteiger partial charge < -0.3 is 20.0 Å². The summed E-state index contributed by atoms with van der Waals surface area (Å²) in [6.07, 6.45) is 1.49. The Hall–Kier alpha value is -3.87. The van der Waals surface area contributed by atoms with Crippen LogP contribution in [0.25, 0.3) is 0 Å². The number of aryl methyl sites for hydroxylation is 1. The van der Waals surface area contributed by atoms with Gasteiger partial charge in [0.1, 0.15) is 0 Å². The van der Waals surface area contributed by atoms with E-state index >= 15 is 0 Å². The molecule has 0 unspecified atom stereocenters. The zero-order valence-corrected chi connectivity index (χ0v) is 20.2. The first-order valence-electron chi connectivity index (χ1n) is 11.3. The lowest BCUT2D eigenvalue weighted by Crippen LogP contribution is -2.32. The molecule has 1 N–H and O–H groups in total. The van der Waals surface area contributed by atoms with E-state index in [1.54, 1.807) is 52.0 Å². The number of ether oxygens (including phenoxy) is 2. The summed E-state index contributed by atoms with van der Waals surface area (Å²) < 4.78 is 11.4. The van der Waals surface area contributed by atoms with Crippen molar-refractivity contribution in [1.82, 2.24) is 5.32 Å². The van der Waals surface area contributed by atoms with E-state index in [0.717, 1.165) is 15.9 Å². The van der Waals surface area contributed by atoms with Gasteiger partial charge in [0, 0.05) is 29.1 Å². The fourth-order valence-corrected chi connectivity index (χ4v) is 3.99.